The van der Waals surface area contributed by atoms with E-state index in [0.29, 0.717) is 0 Å². The molecule has 9 aromatic rings. The Labute approximate surface area is 290 Å². The predicted molar refractivity (Wildman–Crippen MR) is 212 cm³/mol. The van der Waals surface area contributed by atoms with Crippen molar-refractivity contribution in [2.45, 2.75) is 19.3 Å². The monoisotopic (exact) mass is 643 g/mol. The van der Waals surface area contributed by atoms with Gasteiger partial charge < -0.3 is 4.90 Å². The molecule has 2 heteroatoms. The number of fused-ring (bicyclic) bond motifs is 8. The van der Waals surface area contributed by atoms with E-state index in [0.717, 1.165) is 11.4 Å². The molecule has 8 aromatic carbocycles. The number of thiophene rings is 1. The number of nitrogens with zero attached hydrogens (tertiary/aromatic N) is 1. The lowest BCUT2D eigenvalue weighted by molar-refractivity contribution is 0.660. The van der Waals surface area contributed by atoms with Crippen LogP contribution in [0.4, 0.5) is 17.1 Å². The van der Waals surface area contributed by atoms with Gasteiger partial charge in [0.25, 0.3) is 0 Å². The Morgan fingerprint density at radius 2 is 1.10 bits per heavy atom. The van der Waals surface area contributed by atoms with Crippen molar-refractivity contribution in [3.63, 3.8) is 0 Å². The van der Waals surface area contributed by atoms with Crippen molar-refractivity contribution in [2.75, 3.05) is 4.90 Å². The second kappa shape index (κ2) is 10.7. The molecule has 49 heavy (non-hydrogen) atoms. The molecule has 0 N–H and O–H groups in total. The third kappa shape index (κ3) is 4.31. The molecule has 0 radical (unpaired) electrons. The molecule has 0 spiro atoms. The first-order valence-electron chi connectivity index (χ1n) is 17.0. The quantitative estimate of drug-likeness (QED) is 0.184. The van der Waals surface area contributed by atoms with Crippen LogP contribution in [-0.4, -0.2) is 0 Å². The Morgan fingerprint density at radius 3 is 2.00 bits per heavy atom. The summed E-state index contributed by atoms with van der Waals surface area (Å²) in [7, 11) is 0. The zero-order chi connectivity index (χ0) is 32.7. The molecule has 1 aromatic heterocycles. The molecule has 232 valence electrons. The highest BCUT2D eigenvalue weighted by atomic mass is 32.1. The number of hydrogen-bond acceptors (Lipinski definition) is 2. The summed E-state index contributed by atoms with van der Waals surface area (Å²) >= 11 is 1.87. The van der Waals surface area contributed by atoms with Crippen LogP contribution in [-0.2, 0) is 5.41 Å². The fourth-order valence-electron chi connectivity index (χ4n) is 8.21. The number of benzene rings is 8. The number of hydrogen-bond donors (Lipinski definition) is 0. The first kappa shape index (κ1) is 28.3. The van der Waals surface area contributed by atoms with Gasteiger partial charge in [-0.1, -0.05) is 135 Å². The molecule has 10 rings (SSSR count). The van der Waals surface area contributed by atoms with Crippen LogP contribution in [0.2, 0.25) is 0 Å². The summed E-state index contributed by atoms with van der Waals surface area (Å²) in [6.07, 6.45) is 0. The van der Waals surface area contributed by atoms with Crippen LogP contribution in [0.1, 0.15) is 25.0 Å². The minimum Gasteiger partial charge on any atom is -0.310 e. The first-order chi connectivity index (χ1) is 24.0. The fourth-order valence-corrected chi connectivity index (χ4v) is 9.35. The molecular weight excluding hydrogens is 611 g/mol. The van der Waals surface area contributed by atoms with E-state index in [1.165, 1.54) is 80.8 Å². The molecule has 1 aliphatic carbocycles. The molecule has 0 atom stereocenters. The van der Waals surface area contributed by atoms with Gasteiger partial charge in [-0.15, -0.1) is 11.3 Å². The Balaban J connectivity index is 1.27. The van der Waals surface area contributed by atoms with Crippen LogP contribution in [0.25, 0.3) is 64.0 Å². The molecule has 1 heterocycles. The van der Waals surface area contributed by atoms with Crippen LogP contribution in [0.5, 0.6) is 0 Å². The summed E-state index contributed by atoms with van der Waals surface area (Å²) < 4.78 is 2.62. The van der Waals surface area contributed by atoms with Crippen LogP contribution < -0.4 is 4.90 Å². The maximum Gasteiger partial charge on any atom is 0.0546 e. The van der Waals surface area contributed by atoms with Gasteiger partial charge in [-0.05, 0) is 91.8 Å². The average molecular weight is 644 g/mol. The molecule has 0 saturated carbocycles. The van der Waals surface area contributed by atoms with Crippen molar-refractivity contribution in [2.24, 2.45) is 0 Å². The highest BCUT2D eigenvalue weighted by molar-refractivity contribution is 7.25. The van der Waals surface area contributed by atoms with Crippen LogP contribution >= 0.6 is 11.3 Å². The molecule has 0 fully saturated rings. The van der Waals surface area contributed by atoms with Crippen molar-refractivity contribution in [3.05, 3.63) is 175 Å². The third-order valence-electron chi connectivity index (χ3n) is 10.6. The highest BCUT2D eigenvalue weighted by Crippen LogP contribution is 2.52. The lowest BCUT2D eigenvalue weighted by Crippen LogP contribution is -2.17. The largest absolute Gasteiger partial charge is 0.310 e. The number of rotatable bonds is 4. The minimum atomic E-state index is -0.104. The average Bonchev–Trinajstić information content (AvgIpc) is 3.63. The summed E-state index contributed by atoms with van der Waals surface area (Å²) in [5.74, 6) is 0. The predicted octanol–water partition coefficient (Wildman–Crippen LogP) is 13.8. The van der Waals surface area contributed by atoms with E-state index >= 15 is 0 Å². The Morgan fingerprint density at radius 1 is 0.449 bits per heavy atom. The summed E-state index contributed by atoms with van der Waals surface area (Å²) in [5.41, 5.74) is 11.3. The van der Waals surface area contributed by atoms with E-state index in [4.69, 9.17) is 0 Å². The molecule has 0 aliphatic heterocycles. The van der Waals surface area contributed by atoms with Gasteiger partial charge in [0.1, 0.15) is 0 Å². The van der Waals surface area contributed by atoms with Gasteiger partial charge in [0.15, 0.2) is 0 Å². The van der Waals surface area contributed by atoms with Crippen molar-refractivity contribution in [1.29, 1.82) is 0 Å². The molecule has 1 aliphatic rings. The van der Waals surface area contributed by atoms with E-state index in [1.54, 1.807) is 0 Å². The Kier molecular flexibility index (Phi) is 6.16. The van der Waals surface area contributed by atoms with Gasteiger partial charge in [0.05, 0.1) is 5.69 Å². The van der Waals surface area contributed by atoms with E-state index < -0.39 is 0 Å². The summed E-state index contributed by atoms with van der Waals surface area (Å²) in [6.45, 7) is 4.73. The second-order valence-electron chi connectivity index (χ2n) is 13.8. The van der Waals surface area contributed by atoms with Gasteiger partial charge in [-0.25, -0.2) is 0 Å². The van der Waals surface area contributed by atoms with E-state index in [2.05, 4.69) is 183 Å². The lowest BCUT2D eigenvalue weighted by Gasteiger charge is -2.30. The SMILES string of the molecule is CC1(C)c2ccccc2-c2ccc(N(c3ccc4c(c3)sc3ccccc34)c3ccc4ccccc4c3-c3ccc4ccccc4c3)cc21. The summed E-state index contributed by atoms with van der Waals surface area (Å²) in [5, 5.41) is 7.61. The van der Waals surface area contributed by atoms with Crippen molar-refractivity contribution in [3.8, 4) is 22.3 Å². The fraction of sp³-hybridized carbons (Fsp3) is 0.0638. The zero-order valence-corrected chi connectivity index (χ0v) is 28.3. The van der Waals surface area contributed by atoms with Crippen LogP contribution in [0.15, 0.2) is 164 Å². The topological polar surface area (TPSA) is 3.24 Å². The van der Waals surface area contributed by atoms with Crippen molar-refractivity contribution < 1.29 is 0 Å². The van der Waals surface area contributed by atoms with Crippen LogP contribution in [0, 0.1) is 0 Å². The van der Waals surface area contributed by atoms with Crippen LogP contribution in [0.3, 0.4) is 0 Å². The molecule has 0 amide bonds. The van der Waals surface area contributed by atoms with Crippen molar-refractivity contribution in [1.82, 2.24) is 0 Å². The highest BCUT2D eigenvalue weighted by Gasteiger charge is 2.36. The molecule has 1 nitrogen and oxygen atoms in total. The zero-order valence-electron chi connectivity index (χ0n) is 27.4. The van der Waals surface area contributed by atoms with E-state index in [-0.39, 0.29) is 5.41 Å². The van der Waals surface area contributed by atoms with E-state index in [9.17, 15) is 0 Å². The van der Waals surface area contributed by atoms with Gasteiger partial charge in [0.2, 0.25) is 0 Å². The summed E-state index contributed by atoms with van der Waals surface area (Å²) in [6, 6.07) is 60.8. The first-order valence-corrected chi connectivity index (χ1v) is 17.8. The lowest BCUT2D eigenvalue weighted by atomic mass is 9.82. The van der Waals surface area contributed by atoms with Gasteiger partial charge in [-0.2, -0.15) is 0 Å². The number of anilines is 3. The normalized spacial score (nSPS) is 13.3. The third-order valence-corrected chi connectivity index (χ3v) is 11.8. The van der Waals surface area contributed by atoms with Gasteiger partial charge >= 0.3 is 0 Å². The second-order valence-corrected chi connectivity index (χ2v) is 14.8. The van der Waals surface area contributed by atoms with Crippen molar-refractivity contribution >= 4 is 70.1 Å². The Bertz CT molecular complexity index is 2770. The molecular formula is C47H33NS. The van der Waals surface area contributed by atoms with E-state index in [1.807, 2.05) is 11.3 Å². The maximum atomic E-state index is 2.50. The summed E-state index contributed by atoms with van der Waals surface area (Å²) in [4.78, 5) is 2.50. The smallest absolute Gasteiger partial charge is 0.0546 e. The van der Waals surface area contributed by atoms with Gasteiger partial charge in [-0.3, -0.25) is 0 Å². The van der Waals surface area contributed by atoms with Gasteiger partial charge in [0, 0.05) is 42.5 Å². The Hall–Kier alpha value is -5.70. The standard InChI is InChI=1S/C47H33NS/c1-47(2)41-17-9-7-15-37(41)38-24-22-34(28-42(38)47)48(35-23-25-40-39-16-8-10-18-44(39)49-45(40)29-35)43-26-21-31-12-5-6-14-36(31)46(43)33-20-19-30-11-3-4-13-32(30)27-33/h3-29H,1-2H3. The molecule has 0 unspecified atom stereocenters. The maximum absolute atomic E-state index is 2.50. The molecule has 0 bridgehead atoms. The molecule has 0 saturated heterocycles. The minimum absolute atomic E-state index is 0.104.